The van der Waals surface area contributed by atoms with Gasteiger partial charge in [-0.3, -0.25) is 9.59 Å². The van der Waals surface area contributed by atoms with Gasteiger partial charge < -0.3 is 14.6 Å². The van der Waals surface area contributed by atoms with Crippen molar-refractivity contribution < 1.29 is 24.2 Å². The van der Waals surface area contributed by atoms with E-state index in [0.29, 0.717) is 12.8 Å². The molecule has 0 unspecified atom stereocenters. The maximum atomic E-state index is 12.8. The Balaban J connectivity index is 1.96. The van der Waals surface area contributed by atoms with Crippen molar-refractivity contribution in [3.05, 3.63) is 29.8 Å². The van der Waals surface area contributed by atoms with Gasteiger partial charge in [0.25, 0.3) is 5.79 Å². The molecule has 3 rings (SSSR count). The fourth-order valence-electron chi connectivity index (χ4n) is 3.35. The molecule has 0 aromatic heterocycles. The lowest BCUT2D eigenvalue weighted by Gasteiger charge is -2.47. The second kappa shape index (κ2) is 6.08. The lowest BCUT2D eigenvalue weighted by Crippen LogP contribution is -2.64. The molecule has 0 radical (unpaired) electrons. The van der Waals surface area contributed by atoms with Gasteiger partial charge in [0.05, 0.1) is 6.10 Å². The van der Waals surface area contributed by atoms with E-state index in [4.69, 9.17) is 9.47 Å². The number of aliphatic hydroxyl groups is 1. The summed E-state index contributed by atoms with van der Waals surface area (Å²) in [5.74, 6) is -2.66. The van der Waals surface area contributed by atoms with Gasteiger partial charge in [-0.1, -0.05) is 17.7 Å². The highest BCUT2D eigenvalue weighted by atomic mass is 32.2. The van der Waals surface area contributed by atoms with Gasteiger partial charge in [-0.25, -0.2) is 0 Å². The van der Waals surface area contributed by atoms with E-state index in [-0.39, 0.29) is 0 Å². The standard InChI is InChI=1S/C18H22O5S/c1-11-7-9-12(10-8-11)24-14-6-4-5-13(19)18(14)15(20)22-17(2,3)23-16(18)21/h7-10,13-14,19H,4-6H2,1-3H3/t13-,14+/m1/s1. The van der Waals surface area contributed by atoms with E-state index in [2.05, 4.69) is 0 Å². The minimum atomic E-state index is -1.65. The van der Waals surface area contributed by atoms with Crippen molar-refractivity contribution in [2.24, 2.45) is 5.41 Å². The Bertz CT molecular complexity index is 632. The smallest absolute Gasteiger partial charge is 0.330 e. The van der Waals surface area contributed by atoms with Crippen molar-refractivity contribution in [3.8, 4) is 0 Å². The largest absolute Gasteiger partial charge is 0.422 e. The van der Waals surface area contributed by atoms with Crippen LogP contribution in [-0.4, -0.2) is 34.2 Å². The van der Waals surface area contributed by atoms with Crippen LogP contribution in [0.1, 0.15) is 38.7 Å². The van der Waals surface area contributed by atoms with E-state index in [1.807, 2.05) is 31.2 Å². The Kier molecular flexibility index (Phi) is 4.38. The minimum Gasteiger partial charge on any atom is -0.422 e. The quantitative estimate of drug-likeness (QED) is 0.653. The van der Waals surface area contributed by atoms with Crippen molar-refractivity contribution >= 4 is 23.7 Å². The lowest BCUT2D eigenvalue weighted by atomic mass is 9.70. The molecule has 2 fully saturated rings. The van der Waals surface area contributed by atoms with Crippen LogP contribution < -0.4 is 0 Å². The predicted octanol–water partition coefficient (Wildman–Crippen LogP) is 2.82. The molecule has 0 bridgehead atoms. The van der Waals surface area contributed by atoms with Crippen LogP contribution in [0.3, 0.4) is 0 Å². The highest BCUT2D eigenvalue weighted by molar-refractivity contribution is 8.00. The highest BCUT2D eigenvalue weighted by Crippen LogP contribution is 2.50. The number of carbonyl (C=O) groups is 2. The van der Waals surface area contributed by atoms with E-state index < -0.39 is 34.5 Å². The third kappa shape index (κ3) is 2.82. The first-order valence-electron chi connectivity index (χ1n) is 8.14. The summed E-state index contributed by atoms with van der Waals surface area (Å²) in [5, 5.41) is 10.2. The Labute approximate surface area is 145 Å². The molecule has 2 aliphatic rings. The van der Waals surface area contributed by atoms with Crippen LogP contribution in [-0.2, 0) is 19.1 Å². The van der Waals surface area contributed by atoms with Crippen molar-refractivity contribution in [3.63, 3.8) is 0 Å². The average Bonchev–Trinajstić information content (AvgIpc) is 2.47. The third-order valence-electron chi connectivity index (χ3n) is 4.63. The number of carbonyl (C=O) groups excluding carboxylic acids is 2. The summed E-state index contributed by atoms with van der Waals surface area (Å²) < 4.78 is 10.7. The summed E-state index contributed by atoms with van der Waals surface area (Å²) in [6, 6.07) is 7.88. The van der Waals surface area contributed by atoms with Gasteiger partial charge in [-0.05, 0) is 38.3 Å². The van der Waals surface area contributed by atoms with E-state index in [1.165, 1.54) is 25.6 Å². The van der Waals surface area contributed by atoms with E-state index >= 15 is 0 Å². The van der Waals surface area contributed by atoms with Gasteiger partial charge in [0.15, 0.2) is 0 Å². The summed E-state index contributed by atoms with van der Waals surface area (Å²) in [6.07, 6.45) is 0.678. The molecule has 5 nitrogen and oxygen atoms in total. The summed E-state index contributed by atoms with van der Waals surface area (Å²) in [6.45, 7) is 5.04. The topological polar surface area (TPSA) is 72.8 Å². The van der Waals surface area contributed by atoms with Crippen LogP contribution in [0, 0.1) is 12.3 Å². The second-order valence-electron chi connectivity index (χ2n) is 6.91. The number of cyclic esters (lactones) is 2. The number of hydrogen-bond acceptors (Lipinski definition) is 6. The fourth-order valence-corrected chi connectivity index (χ4v) is 4.80. The van der Waals surface area contributed by atoms with Gasteiger partial charge in [-0.2, -0.15) is 0 Å². The zero-order valence-electron chi connectivity index (χ0n) is 14.1. The van der Waals surface area contributed by atoms with Gasteiger partial charge >= 0.3 is 11.9 Å². The molecule has 1 N–H and O–H groups in total. The third-order valence-corrected chi connectivity index (χ3v) is 6.07. The molecule has 1 spiro atoms. The molecule has 2 atom stereocenters. The van der Waals surface area contributed by atoms with Gasteiger partial charge in [-0.15, -0.1) is 11.8 Å². The number of ether oxygens (including phenoxy) is 2. The summed E-state index contributed by atoms with van der Waals surface area (Å²) in [5.41, 5.74) is -0.514. The first-order chi connectivity index (χ1) is 11.3. The SMILES string of the molecule is Cc1ccc(S[C@H]2CCC[C@@H](O)C23C(=O)OC(C)(C)OC3=O)cc1. The Morgan fingerprint density at radius 1 is 1.08 bits per heavy atom. The van der Waals surface area contributed by atoms with Crippen LogP contribution in [0.2, 0.25) is 0 Å². The zero-order chi connectivity index (χ0) is 17.5. The maximum Gasteiger partial charge on any atom is 0.330 e. The molecule has 130 valence electrons. The molecule has 1 aliphatic carbocycles. The van der Waals surface area contributed by atoms with Crippen LogP contribution in [0.25, 0.3) is 0 Å². The van der Waals surface area contributed by atoms with Crippen molar-refractivity contribution in [1.82, 2.24) is 0 Å². The van der Waals surface area contributed by atoms with E-state index in [0.717, 1.165) is 16.9 Å². The van der Waals surface area contributed by atoms with Gasteiger partial charge in [0, 0.05) is 24.0 Å². The lowest BCUT2D eigenvalue weighted by molar-refractivity contribution is -0.260. The first kappa shape index (κ1) is 17.3. The number of rotatable bonds is 2. The maximum absolute atomic E-state index is 12.8. The normalized spacial score (nSPS) is 28.3. The van der Waals surface area contributed by atoms with Crippen molar-refractivity contribution in [2.75, 3.05) is 0 Å². The molecule has 24 heavy (non-hydrogen) atoms. The molecule has 1 saturated carbocycles. The summed E-state index contributed by atoms with van der Waals surface area (Å²) >= 11 is 1.43. The predicted molar refractivity (Wildman–Crippen MR) is 89.4 cm³/mol. The molecular formula is C18H22O5S. The Morgan fingerprint density at radius 3 is 2.25 bits per heavy atom. The van der Waals surface area contributed by atoms with E-state index in [1.54, 1.807) is 0 Å². The summed E-state index contributed by atoms with van der Waals surface area (Å²) in [7, 11) is 0. The zero-order valence-corrected chi connectivity index (χ0v) is 14.9. The Morgan fingerprint density at radius 2 is 1.67 bits per heavy atom. The molecule has 0 amide bonds. The first-order valence-corrected chi connectivity index (χ1v) is 9.02. The number of esters is 2. The number of benzene rings is 1. The molecular weight excluding hydrogens is 328 g/mol. The number of thioether (sulfide) groups is 1. The monoisotopic (exact) mass is 350 g/mol. The van der Waals surface area contributed by atoms with Gasteiger partial charge in [0.1, 0.15) is 0 Å². The number of aryl methyl sites for hydroxylation is 1. The van der Waals surface area contributed by atoms with Crippen LogP contribution >= 0.6 is 11.8 Å². The Hall–Kier alpha value is -1.53. The van der Waals surface area contributed by atoms with Crippen LogP contribution in [0.4, 0.5) is 0 Å². The summed E-state index contributed by atoms with van der Waals surface area (Å²) in [4.78, 5) is 26.5. The minimum absolute atomic E-state index is 0.385. The fraction of sp³-hybridized carbons (Fsp3) is 0.556. The van der Waals surface area contributed by atoms with E-state index in [9.17, 15) is 14.7 Å². The molecule has 1 heterocycles. The number of hydrogen-bond donors (Lipinski definition) is 1. The number of aliphatic hydroxyl groups excluding tert-OH is 1. The molecule has 1 saturated heterocycles. The van der Waals surface area contributed by atoms with Crippen LogP contribution in [0.15, 0.2) is 29.2 Å². The molecule has 6 heteroatoms. The molecule has 1 aliphatic heterocycles. The molecule has 1 aromatic carbocycles. The highest BCUT2D eigenvalue weighted by Gasteiger charge is 2.65. The van der Waals surface area contributed by atoms with Crippen LogP contribution in [0.5, 0.6) is 0 Å². The van der Waals surface area contributed by atoms with Crippen molar-refractivity contribution in [2.45, 2.75) is 62.1 Å². The average molecular weight is 350 g/mol. The second-order valence-corrected chi connectivity index (χ2v) is 8.19. The van der Waals surface area contributed by atoms with Crippen molar-refractivity contribution in [1.29, 1.82) is 0 Å². The van der Waals surface area contributed by atoms with Gasteiger partial charge in [0.2, 0.25) is 5.41 Å². The molecule has 1 aromatic rings.